The zero-order valence-corrected chi connectivity index (χ0v) is 16.3. The van der Waals surface area contributed by atoms with Gasteiger partial charge in [0.15, 0.2) is 6.61 Å². The number of anilines is 1. The molecule has 0 radical (unpaired) electrons. The predicted octanol–water partition coefficient (Wildman–Crippen LogP) is 4.34. The summed E-state index contributed by atoms with van der Waals surface area (Å²) in [5.74, 6) is -1.18. The first kappa shape index (κ1) is 18.9. The zero-order chi connectivity index (χ0) is 20.2. The molecule has 0 aliphatic carbocycles. The number of para-hydroxylation sites is 1. The van der Waals surface area contributed by atoms with E-state index in [2.05, 4.69) is 0 Å². The van der Waals surface area contributed by atoms with Gasteiger partial charge in [0.1, 0.15) is 5.92 Å². The average Bonchev–Trinajstić information content (AvgIpc) is 3.09. The number of fused-ring (bicyclic) bond motifs is 1. The highest BCUT2D eigenvalue weighted by Crippen LogP contribution is 2.32. The van der Waals surface area contributed by atoms with Crippen molar-refractivity contribution >= 4 is 17.6 Å². The van der Waals surface area contributed by atoms with Gasteiger partial charge in [0.25, 0.3) is 5.91 Å². The summed E-state index contributed by atoms with van der Waals surface area (Å²) >= 11 is 0. The highest BCUT2D eigenvalue weighted by molar-refractivity contribution is 5.98. The summed E-state index contributed by atoms with van der Waals surface area (Å²) in [7, 11) is 0. The standard InChI is InChI=1S/C25H23NO3/c1-18-16-21-14-8-9-15-22(21)26(18)23(27)17-29-25(28)24(19-10-4-2-5-11-19)20-12-6-3-7-13-20/h2-15,18,24H,16-17H2,1H3/t18-/m1/s1. The number of nitrogens with zero attached hydrogens (tertiary/aromatic N) is 1. The maximum absolute atomic E-state index is 13.0. The van der Waals surface area contributed by atoms with E-state index in [9.17, 15) is 9.59 Å². The van der Waals surface area contributed by atoms with Gasteiger partial charge in [-0.1, -0.05) is 78.9 Å². The van der Waals surface area contributed by atoms with E-state index in [4.69, 9.17) is 4.74 Å². The van der Waals surface area contributed by atoms with Crippen molar-refractivity contribution < 1.29 is 14.3 Å². The molecule has 1 aliphatic rings. The van der Waals surface area contributed by atoms with E-state index < -0.39 is 11.9 Å². The summed E-state index contributed by atoms with van der Waals surface area (Å²) in [6, 6.07) is 26.9. The Labute approximate surface area is 170 Å². The minimum absolute atomic E-state index is 0.0534. The first-order valence-corrected chi connectivity index (χ1v) is 9.81. The highest BCUT2D eigenvalue weighted by Gasteiger charge is 2.32. The van der Waals surface area contributed by atoms with Crippen LogP contribution in [0.25, 0.3) is 0 Å². The van der Waals surface area contributed by atoms with Crippen LogP contribution in [0.2, 0.25) is 0 Å². The lowest BCUT2D eigenvalue weighted by Crippen LogP contribution is -2.39. The molecule has 3 aromatic rings. The van der Waals surface area contributed by atoms with Crippen LogP contribution in [0.15, 0.2) is 84.9 Å². The Bertz CT molecular complexity index is 961. The number of benzene rings is 3. The number of amides is 1. The second-order valence-electron chi connectivity index (χ2n) is 7.31. The number of esters is 1. The molecule has 0 saturated carbocycles. The van der Waals surface area contributed by atoms with Crippen molar-refractivity contribution in [1.82, 2.24) is 0 Å². The molecule has 0 saturated heterocycles. The lowest BCUT2D eigenvalue weighted by Gasteiger charge is -2.23. The molecule has 0 unspecified atom stereocenters. The van der Waals surface area contributed by atoms with Crippen LogP contribution in [0.5, 0.6) is 0 Å². The van der Waals surface area contributed by atoms with Crippen LogP contribution in [0.1, 0.15) is 29.5 Å². The molecular formula is C25H23NO3. The van der Waals surface area contributed by atoms with E-state index in [0.717, 1.165) is 28.8 Å². The van der Waals surface area contributed by atoms with Crippen molar-refractivity contribution in [1.29, 1.82) is 0 Å². The lowest BCUT2D eigenvalue weighted by atomic mass is 9.91. The number of ether oxygens (including phenoxy) is 1. The minimum Gasteiger partial charge on any atom is -0.455 e. The zero-order valence-electron chi connectivity index (χ0n) is 16.3. The lowest BCUT2D eigenvalue weighted by molar-refractivity contribution is -0.148. The normalized spacial score (nSPS) is 15.2. The smallest absolute Gasteiger partial charge is 0.318 e. The minimum atomic E-state index is -0.562. The first-order chi connectivity index (χ1) is 14.1. The molecule has 0 spiro atoms. The summed E-state index contributed by atoms with van der Waals surface area (Å²) in [4.78, 5) is 27.6. The molecule has 3 aromatic carbocycles. The molecule has 0 N–H and O–H groups in total. The SMILES string of the molecule is C[C@@H]1Cc2ccccc2N1C(=O)COC(=O)C(c1ccccc1)c1ccccc1. The van der Waals surface area contributed by atoms with E-state index in [-0.39, 0.29) is 18.6 Å². The number of hydrogen-bond donors (Lipinski definition) is 0. The van der Waals surface area contributed by atoms with Crippen molar-refractivity contribution in [2.75, 3.05) is 11.5 Å². The maximum atomic E-state index is 13.0. The molecule has 0 fully saturated rings. The van der Waals surface area contributed by atoms with Gasteiger partial charge in [-0.15, -0.1) is 0 Å². The molecule has 4 rings (SSSR count). The first-order valence-electron chi connectivity index (χ1n) is 9.81. The fourth-order valence-corrected chi connectivity index (χ4v) is 3.99. The molecular weight excluding hydrogens is 362 g/mol. The van der Waals surface area contributed by atoms with Gasteiger partial charge in [-0.05, 0) is 36.1 Å². The van der Waals surface area contributed by atoms with E-state index in [0.29, 0.717) is 0 Å². The van der Waals surface area contributed by atoms with Crippen LogP contribution in [0.3, 0.4) is 0 Å². The van der Waals surface area contributed by atoms with Gasteiger partial charge in [-0.25, -0.2) is 0 Å². The Morgan fingerprint density at radius 1 is 0.897 bits per heavy atom. The summed E-state index contributed by atoms with van der Waals surface area (Å²) in [5, 5.41) is 0. The predicted molar refractivity (Wildman–Crippen MR) is 113 cm³/mol. The molecule has 4 heteroatoms. The van der Waals surface area contributed by atoms with Crippen molar-refractivity contribution in [2.45, 2.75) is 25.3 Å². The van der Waals surface area contributed by atoms with Gasteiger partial charge in [0.2, 0.25) is 0 Å². The largest absolute Gasteiger partial charge is 0.455 e. The van der Waals surface area contributed by atoms with Gasteiger partial charge >= 0.3 is 5.97 Å². The van der Waals surface area contributed by atoms with Crippen LogP contribution in [0, 0.1) is 0 Å². The van der Waals surface area contributed by atoms with E-state index in [1.54, 1.807) is 4.90 Å². The molecule has 1 heterocycles. The molecule has 0 bridgehead atoms. The average molecular weight is 385 g/mol. The molecule has 4 nitrogen and oxygen atoms in total. The fraction of sp³-hybridized carbons (Fsp3) is 0.200. The Morgan fingerprint density at radius 2 is 1.45 bits per heavy atom. The summed E-state index contributed by atoms with van der Waals surface area (Å²) < 4.78 is 5.52. The van der Waals surface area contributed by atoms with Crippen LogP contribution >= 0.6 is 0 Å². The molecule has 1 amide bonds. The van der Waals surface area contributed by atoms with Gasteiger partial charge < -0.3 is 9.64 Å². The molecule has 0 aromatic heterocycles. The third-order valence-corrected chi connectivity index (χ3v) is 5.32. The van der Waals surface area contributed by atoms with E-state index in [1.165, 1.54) is 0 Å². The van der Waals surface area contributed by atoms with Crippen LogP contribution in [-0.2, 0) is 20.7 Å². The van der Waals surface area contributed by atoms with Crippen LogP contribution < -0.4 is 4.90 Å². The molecule has 1 atom stereocenters. The molecule has 29 heavy (non-hydrogen) atoms. The number of carbonyl (C=O) groups is 2. The van der Waals surface area contributed by atoms with Gasteiger partial charge in [-0.3, -0.25) is 9.59 Å². The topological polar surface area (TPSA) is 46.6 Å². The second-order valence-corrected chi connectivity index (χ2v) is 7.31. The van der Waals surface area contributed by atoms with Crippen molar-refractivity contribution in [3.8, 4) is 0 Å². The number of rotatable bonds is 5. The highest BCUT2D eigenvalue weighted by atomic mass is 16.5. The van der Waals surface area contributed by atoms with Crippen molar-refractivity contribution in [3.05, 3.63) is 102 Å². The Hall–Kier alpha value is -3.40. The third-order valence-electron chi connectivity index (χ3n) is 5.32. The van der Waals surface area contributed by atoms with Gasteiger partial charge in [0, 0.05) is 11.7 Å². The summed E-state index contributed by atoms with van der Waals surface area (Å²) in [5.41, 5.74) is 3.74. The van der Waals surface area contributed by atoms with Crippen molar-refractivity contribution in [2.24, 2.45) is 0 Å². The van der Waals surface area contributed by atoms with Crippen molar-refractivity contribution in [3.63, 3.8) is 0 Å². The number of hydrogen-bond acceptors (Lipinski definition) is 3. The van der Waals surface area contributed by atoms with E-state index in [1.807, 2.05) is 91.9 Å². The Balaban J connectivity index is 1.51. The molecule has 1 aliphatic heterocycles. The van der Waals surface area contributed by atoms with Crippen LogP contribution in [0.4, 0.5) is 5.69 Å². The number of carbonyl (C=O) groups excluding carboxylic acids is 2. The summed E-state index contributed by atoms with van der Waals surface area (Å²) in [6.07, 6.45) is 0.812. The quantitative estimate of drug-likeness (QED) is 0.614. The van der Waals surface area contributed by atoms with Gasteiger partial charge in [0.05, 0.1) is 0 Å². The summed E-state index contributed by atoms with van der Waals surface area (Å²) in [6.45, 7) is 1.74. The van der Waals surface area contributed by atoms with Gasteiger partial charge in [-0.2, -0.15) is 0 Å². The van der Waals surface area contributed by atoms with Crippen LogP contribution in [-0.4, -0.2) is 24.5 Å². The van der Waals surface area contributed by atoms with E-state index >= 15 is 0 Å². The third kappa shape index (κ3) is 3.92. The Kier molecular flexibility index (Phi) is 5.43. The maximum Gasteiger partial charge on any atom is 0.318 e. The fourth-order valence-electron chi connectivity index (χ4n) is 3.99. The Morgan fingerprint density at radius 3 is 2.07 bits per heavy atom. The monoisotopic (exact) mass is 385 g/mol. The molecule has 146 valence electrons. The second kappa shape index (κ2) is 8.31.